The molecule has 2 aliphatic rings. The second-order valence-electron chi connectivity index (χ2n) is 9.04. The summed E-state index contributed by atoms with van der Waals surface area (Å²) in [5.41, 5.74) is -2.02. The molecular formula is C26H27F3N2O2S. The van der Waals surface area contributed by atoms with Gasteiger partial charge in [-0.2, -0.15) is 21.6 Å². The van der Waals surface area contributed by atoms with E-state index in [4.69, 9.17) is 4.99 Å². The summed E-state index contributed by atoms with van der Waals surface area (Å²) in [6.45, 7) is 9.25. The summed E-state index contributed by atoms with van der Waals surface area (Å²) in [7, 11) is -5.76. The smallest absolute Gasteiger partial charge is 0.260 e. The minimum Gasteiger partial charge on any atom is -0.260 e. The van der Waals surface area contributed by atoms with Crippen LogP contribution >= 0.6 is 0 Å². The van der Waals surface area contributed by atoms with Gasteiger partial charge in [0.2, 0.25) is 0 Å². The van der Waals surface area contributed by atoms with Crippen LogP contribution in [0.4, 0.5) is 13.2 Å². The molecule has 0 N–H and O–H groups in total. The third-order valence-corrected chi connectivity index (χ3v) is 8.99. The zero-order valence-electron chi connectivity index (χ0n) is 19.7. The van der Waals surface area contributed by atoms with E-state index in [1.54, 1.807) is 67.6 Å². The van der Waals surface area contributed by atoms with Gasteiger partial charge in [-0.15, -0.1) is 0 Å². The molecule has 0 aromatic heterocycles. The Morgan fingerprint density at radius 2 is 1.26 bits per heavy atom. The lowest BCUT2D eigenvalue weighted by atomic mass is 9.78. The number of hydrogen-bond acceptors (Lipinski definition) is 3. The fourth-order valence-electron chi connectivity index (χ4n) is 5.05. The highest BCUT2D eigenvalue weighted by Gasteiger charge is 2.60. The van der Waals surface area contributed by atoms with Crippen LogP contribution in [0.25, 0.3) is 0 Å². The quantitative estimate of drug-likeness (QED) is 0.479. The molecule has 1 heterocycles. The zero-order chi connectivity index (χ0) is 25.1. The number of allylic oxidation sites excluding steroid dienone is 2. The Hall–Kier alpha value is -2.87. The Labute approximate surface area is 198 Å². The van der Waals surface area contributed by atoms with Crippen molar-refractivity contribution in [2.45, 2.75) is 52.2 Å². The van der Waals surface area contributed by atoms with Crippen LogP contribution in [-0.4, -0.2) is 24.1 Å². The average Bonchev–Trinajstić information content (AvgIpc) is 3.29. The maximum absolute atomic E-state index is 14.1. The molecule has 2 atom stereocenters. The third-order valence-electron chi connectivity index (χ3n) is 7.49. The Bertz CT molecular complexity index is 1290. The monoisotopic (exact) mass is 488 g/mol. The van der Waals surface area contributed by atoms with Gasteiger partial charge in [0.05, 0.1) is 11.5 Å². The van der Waals surface area contributed by atoms with E-state index in [0.29, 0.717) is 15.4 Å². The van der Waals surface area contributed by atoms with Crippen molar-refractivity contribution in [1.29, 1.82) is 0 Å². The van der Waals surface area contributed by atoms with Crippen molar-refractivity contribution < 1.29 is 21.6 Å². The molecule has 2 aromatic carbocycles. The molecule has 8 heteroatoms. The first-order valence-electron chi connectivity index (χ1n) is 11.0. The van der Waals surface area contributed by atoms with Gasteiger partial charge in [-0.1, -0.05) is 71.8 Å². The van der Waals surface area contributed by atoms with Gasteiger partial charge in [0.1, 0.15) is 11.9 Å². The van der Waals surface area contributed by atoms with Crippen LogP contribution in [0.15, 0.2) is 87.9 Å². The second-order valence-corrected chi connectivity index (χ2v) is 10.8. The van der Waals surface area contributed by atoms with E-state index in [2.05, 4.69) is 0 Å². The topological polar surface area (TPSA) is 49.7 Å². The molecule has 4 rings (SSSR count). The van der Waals surface area contributed by atoms with E-state index in [9.17, 15) is 21.6 Å². The van der Waals surface area contributed by atoms with Crippen molar-refractivity contribution in [3.8, 4) is 0 Å². The largest absolute Gasteiger partial charge is 0.516 e. The van der Waals surface area contributed by atoms with Crippen molar-refractivity contribution in [3.63, 3.8) is 0 Å². The molecule has 4 nitrogen and oxygen atoms in total. The molecule has 2 aromatic rings. The molecule has 0 saturated carbocycles. The lowest BCUT2D eigenvalue weighted by Crippen LogP contribution is -2.49. The molecule has 0 fully saturated rings. The standard InChI is InChI=1S/C26H27F3N2O2S/c1-16-17(2)19(4)25(5,18(16)3)24-30-22(20-12-8-6-9-13-20)23(21-14-10-7-11-15-21)31(24)34(32,33)26(27,28)29/h6-15,22-23H,1-5H3/t22-,23-/m1/s1. The summed E-state index contributed by atoms with van der Waals surface area (Å²) >= 11 is 0. The van der Waals surface area contributed by atoms with Crippen LogP contribution in [0.3, 0.4) is 0 Å². The van der Waals surface area contributed by atoms with Crippen LogP contribution in [-0.2, 0) is 10.0 Å². The molecule has 34 heavy (non-hydrogen) atoms. The minimum atomic E-state index is -5.76. The number of rotatable bonds is 4. The number of nitrogens with zero attached hydrogens (tertiary/aromatic N) is 2. The van der Waals surface area contributed by atoms with Gasteiger partial charge in [-0.3, -0.25) is 4.99 Å². The molecule has 1 aliphatic heterocycles. The molecule has 0 spiro atoms. The van der Waals surface area contributed by atoms with Crippen molar-refractivity contribution in [3.05, 3.63) is 94.1 Å². The average molecular weight is 489 g/mol. The molecule has 0 unspecified atom stereocenters. The highest BCUT2D eigenvalue weighted by atomic mass is 32.2. The summed E-state index contributed by atoms with van der Waals surface area (Å²) in [6, 6.07) is 15.3. The maximum Gasteiger partial charge on any atom is 0.516 e. The van der Waals surface area contributed by atoms with Crippen LogP contribution in [0.1, 0.15) is 57.8 Å². The summed E-state index contributed by atoms with van der Waals surface area (Å²) in [4.78, 5) is 4.80. The van der Waals surface area contributed by atoms with Crippen molar-refractivity contribution in [2.24, 2.45) is 10.4 Å². The van der Waals surface area contributed by atoms with Gasteiger partial charge >= 0.3 is 15.5 Å². The molecule has 0 saturated heterocycles. The molecule has 180 valence electrons. The molecule has 0 bridgehead atoms. The SMILES string of the molecule is CC1=C(C)C(C)(C2=N[C@H](c3ccccc3)[C@@H](c3ccccc3)N2S(=O)(=O)C(F)(F)F)C(C)=C1C. The number of amidine groups is 1. The van der Waals surface area contributed by atoms with Crippen LogP contribution in [0.2, 0.25) is 0 Å². The highest BCUT2D eigenvalue weighted by Crippen LogP contribution is 2.55. The number of alkyl halides is 3. The molecule has 1 aliphatic carbocycles. The van der Waals surface area contributed by atoms with Gasteiger partial charge in [-0.25, -0.2) is 4.31 Å². The van der Waals surface area contributed by atoms with Crippen LogP contribution in [0, 0.1) is 5.41 Å². The second kappa shape index (κ2) is 8.12. The van der Waals surface area contributed by atoms with Crippen molar-refractivity contribution >= 4 is 15.9 Å². The number of aliphatic imine (C=N–C) groups is 1. The normalized spacial score (nSPS) is 23.1. The Morgan fingerprint density at radius 3 is 1.71 bits per heavy atom. The number of sulfonamides is 1. The maximum atomic E-state index is 14.1. The Balaban J connectivity index is 2.06. The molecule has 0 radical (unpaired) electrons. The van der Waals surface area contributed by atoms with E-state index in [1.807, 2.05) is 27.7 Å². The third kappa shape index (κ3) is 3.42. The van der Waals surface area contributed by atoms with E-state index < -0.39 is 33.0 Å². The van der Waals surface area contributed by atoms with Gasteiger partial charge in [0.15, 0.2) is 0 Å². The van der Waals surface area contributed by atoms with Gasteiger partial charge in [-0.05, 0) is 56.9 Å². The zero-order valence-corrected chi connectivity index (χ0v) is 20.5. The van der Waals surface area contributed by atoms with Gasteiger partial charge < -0.3 is 0 Å². The number of hydrogen-bond donors (Lipinski definition) is 0. The lowest BCUT2D eigenvalue weighted by molar-refractivity contribution is -0.0480. The minimum absolute atomic E-state index is 0.0984. The molecular weight excluding hydrogens is 461 g/mol. The number of halogens is 3. The lowest BCUT2D eigenvalue weighted by Gasteiger charge is -2.37. The summed E-state index contributed by atoms with van der Waals surface area (Å²) in [5, 5.41) is 0. The van der Waals surface area contributed by atoms with E-state index in [-0.39, 0.29) is 5.84 Å². The Morgan fingerprint density at radius 1 is 0.824 bits per heavy atom. The summed E-state index contributed by atoms with van der Waals surface area (Å²) < 4.78 is 69.3. The molecule has 0 amide bonds. The van der Waals surface area contributed by atoms with Crippen LogP contribution < -0.4 is 0 Å². The van der Waals surface area contributed by atoms with Gasteiger partial charge in [0.25, 0.3) is 0 Å². The van der Waals surface area contributed by atoms with Crippen molar-refractivity contribution in [1.82, 2.24) is 4.31 Å². The fourth-order valence-corrected chi connectivity index (χ4v) is 6.26. The highest BCUT2D eigenvalue weighted by molar-refractivity contribution is 7.90. The predicted molar refractivity (Wildman–Crippen MR) is 127 cm³/mol. The van der Waals surface area contributed by atoms with E-state index >= 15 is 0 Å². The first-order valence-corrected chi connectivity index (χ1v) is 12.4. The van der Waals surface area contributed by atoms with Crippen molar-refractivity contribution in [2.75, 3.05) is 0 Å². The van der Waals surface area contributed by atoms with E-state index in [1.165, 1.54) is 0 Å². The van der Waals surface area contributed by atoms with E-state index in [0.717, 1.165) is 22.3 Å². The predicted octanol–water partition coefficient (Wildman–Crippen LogP) is 6.73. The fraction of sp³-hybridized carbons (Fsp3) is 0.346. The van der Waals surface area contributed by atoms with Gasteiger partial charge in [0, 0.05) is 0 Å². The first-order chi connectivity index (χ1) is 15.8. The Kier molecular flexibility index (Phi) is 5.79. The summed E-state index contributed by atoms with van der Waals surface area (Å²) in [6.07, 6.45) is 0. The first kappa shape index (κ1) is 24.3. The van der Waals surface area contributed by atoms with Crippen LogP contribution in [0.5, 0.6) is 0 Å². The summed E-state index contributed by atoms with van der Waals surface area (Å²) in [5.74, 6) is -0.0984. The number of benzene rings is 2.